The fraction of sp³-hybridized carbons (Fsp3) is 0.100. The van der Waals surface area contributed by atoms with Gasteiger partial charge in [-0.3, -0.25) is 0 Å². The fourth-order valence-corrected chi connectivity index (χ4v) is 1.36. The third kappa shape index (κ3) is 1.72. The van der Waals surface area contributed by atoms with E-state index in [4.69, 9.17) is 16.0 Å². The Hall–Kier alpha value is -1.48. The molecular formula is C10H9ClN2O. The molecule has 0 unspecified atom stereocenters. The molecule has 1 aromatic carbocycles. The minimum Gasteiger partial charge on any atom is -0.424 e. The molecule has 0 spiro atoms. The second kappa shape index (κ2) is 3.72. The zero-order valence-electron chi connectivity index (χ0n) is 7.62. The summed E-state index contributed by atoms with van der Waals surface area (Å²) in [4.78, 5) is 4.02. The molecule has 0 bridgehead atoms. The zero-order chi connectivity index (χ0) is 9.97. The zero-order valence-corrected chi connectivity index (χ0v) is 8.38. The maximum atomic E-state index is 5.86. The number of hydrogen-bond acceptors (Lipinski definition) is 3. The summed E-state index contributed by atoms with van der Waals surface area (Å²) < 4.78 is 5.39. The first-order valence-electron chi connectivity index (χ1n) is 4.19. The Kier molecular flexibility index (Phi) is 2.41. The van der Waals surface area contributed by atoms with Gasteiger partial charge < -0.3 is 9.73 Å². The van der Waals surface area contributed by atoms with Crippen LogP contribution in [0.5, 0.6) is 0 Å². The maximum Gasteiger partial charge on any atom is 0.294 e. The Bertz CT molecular complexity index is 439. The Balaban J connectivity index is 2.39. The standard InChI is InChI=1S/C10H9ClN2O/c1-12-10-13-6-9(14-10)7-3-2-4-8(11)5-7/h2-6H,1H3,(H,12,13). The van der Waals surface area contributed by atoms with E-state index in [1.807, 2.05) is 24.3 Å². The van der Waals surface area contributed by atoms with Gasteiger partial charge in [-0.1, -0.05) is 23.7 Å². The molecular weight excluding hydrogens is 200 g/mol. The van der Waals surface area contributed by atoms with E-state index in [1.54, 1.807) is 13.2 Å². The lowest BCUT2D eigenvalue weighted by Gasteiger charge is -1.96. The van der Waals surface area contributed by atoms with Crippen molar-refractivity contribution in [2.45, 2.75) is 0 Å². The van der Waals surface area contributed by atoms with Crippen LogP contribution in [0.3, 0.4) is 0 Å². The Morgan fingerprint density at radius 2 is 2.29 bits per heavy atom. The third-order valence-electron chi connectivity index (χ3n) is 1.83. The van der Waals surface area contributed by atoms with E-state index < -0.39 is 0 Å². The largest absolute Gasteiger partial charge is 0.424 e. The highest BCUT2D eigenvalue weighted by atomic mass is 35.5. The van der Waals surface area contributed by atoms with Crippen molar-refractivity contribution in [2.24, 2.45) is 0 Å². The molecule has 0 aliphatic rings. The van der Waals surface area contributed by atoms with Crippen LogP contribution in [-0.4, -0.2) is 12.0 Å². The van der Waals surface area contributed by atoms with Gasteiger partial charge in [0, 0.05) is 17.6 Å². The van der Waals surface area contributed by atoms with Crippen molar-refractivity contribution in [1.82, 2.24) is 4.98 Å². The average molecular weight is 209 g/mol. The minimum absolute atomic E-state index is 0.500. The van der Waals surface area contributed by atoms with Crippen molar-refractivity contribution in [2.75, 3.05) is 12.4 Å². The lowest BCUT2D eigenvalue weighted by atomic mass is 10.2. The molecule has 1 aromatic heterocycles. The minimum atomic E-state index is 0.500. The quantitative estimate of drug-likeness (QED) is 0.825. The van der Waals surface area contributed by atoms with Gasteiger partial charge in [0.15, 0.2) is 5.76 Å². The molecule has 0 aliphatic carbocycles. The number of rotatable bonds is 2. The van der Waals surface area contributed by atoms with Crippen molar-refractivity contribution in [1.29, 1.82) is 0 Å². The van der Waals surface area contributed by atoms with E-state index in [1.165, 1.54) is 0 Å². The van der Waals surface area contributed by atoms with E-state index in [2.05, 4.69) is 10.3 Å². The molecule has 0 amide bonds. The number of anilines is 1. The summed E-state index contributed by atoms with van der Waals surface area (Å²) in [6.07, 6.45) is 1.66. The summed E-state index contributed by atoms with van der Waals surface area (Å²) in [5.41, 5.74) is 0.923. The summed E-state index contributed by atoms with van der Waals surface area (Å²) in [7, 11) is 1.76. The molecule has 0 saturated heterocycles. The van der Waals surface area contributed by atoms with Crippen LogP contribution in [0, 0.1) is 0 Å². The van der Waals surface area contributed by atoms with Gasteiger partial charge in [-0.2, -0.15) is 0 Å². The van der Waals surface area contributed by atoms with Crippen molar-refractivity contribution >= 4 is 17.6 Å². The molecule has 1 N–H and O–H groups in total. The number of aromatic nitrogens is 1. The smallest absolute Gasteiger partial charge is 0.294 e. The molecule has 3 nitrogen and oxygen atoms in total. The number of benzene rings is 1. The number of oxazole rings is 1. The van der Waals surface area contributed by atoms with E-state index in [-0.39, 0.29) is 0 Å². The van der Waals surface area contributed by atoms with Crippen molar-refractivity contribution in [3.8, 4) is 11.3 Å². The molecule has 1 heterocycles. The molecule has 0 atom stereocenters. The third-order valence-corrected chi connectivity index (χ3v) is 2.06. The second-order valence-electron chi connectivity index (χ2n) is 2.79. The van der Waals surface area contributed by atoms with Gasteiger partial charge in [0.2, 0.25) is 0 Å². The highest BCUT2D eigenvalue weighted by molar-refractivity contribution is 6.30. The first-order valence-corrected chi connectivity index (χ1v) is 4.57. The van der Waals surface area contributed by atoms with Gasteiger partial charge in [-0.25, -0.2) is 4.98 Å². The average Bonchev–Trinajstić information content (AvgIpc) is 2.66. The SMILES string of the molecule is CNc1ncc(-c2cccc(Cl)c2)o1. The van der Waals surface area contributed by atoms with Gasteiger partial charge in [-0.15, -0.1) is 0 Å². The normalized spacial score (nSPS) is 10.1. The van der Waals surface area contributed by atoms with Crippen LogP contribution < -0.4 is 5.32 Å². The van der Waals surface area contributed by atoms with Crippen LogP contribution >= 0.6 is 11.6 Å². The maximum absolute atomic E-state index is 5.86. The van der Waals surface area contributed by atoms with Gasteiger partial charge in [0.25, 0.3) is 6.01 Å². The van der Waals surface area contributed by atoms with Crippen molar-refractivity contribution in [3.05, 3.63) is 35.5 Å². The first-order chi connectivity index (χ1) is 6.79. The summed E-state index contributed by atoms with van der Waals surface area (Å²) in [6.45, 7) is 0. The highest BCUT2D eigenvalue weighted by Crippen LogP contribution is 2.24. The van der Waals surface area contributed by atoms with Crippen molar-refractivity contribution in [3.63, 3.8) is 0 Å². The Morgan fingerprint density at radius 3 is 2.93 bits per heavy atom. The monoisotopic (exact) mass is 208 g/mol. The van der Waals surface area contributed by atoms with E-state index >= 15 is 0 Å². The Labute approximate surface area is 86.7 Å². The van der Waals surface area contributed by atoms with Crippen molar-refractivity contribution < 1.29 is 4.42 Å². The highest BCUT2D eigenvalue weighted by Gasteiger charge is 2.04. The molecule has 0 radical (unpaired) electrons. The summed E-state index contributed by atoms with van der Waals surface area (Å²) in [5.74, 6) is 0.705. The lowest BCUT2D eigenvalue weighted by Crippen LogP contribution is -1.84. The molecule has 4 heteroatoms. The van der Waals surface area contributed by atoms with Gasteiger partial charge in [0.1, 0.15) is 0 Å². The molecule has 0 aliphatic heterocycles. The predicted octanol–water partition coefficient (Wildman–Crippen LogP) is 3.04. The van der Waals surface area contributed by atoms with E-state index in [0.717, 1.165) is 5.56 Å². The summed E-state index contributed by atoms with van der Waals surface area (Å²) in [6, 6.07) is 7.95. The number of nitrogens with one attached hydrogen (secondary N) is 1. The van der Waals surface area contributed by atoms with Crippen LogP contribution in [-0.2, 0) is 0 Å². The number of nitrogens with zero attached hydrogens (tertiary/aromatic N) is 1. The summed E-state index contributed by atoms with van der Waals surface area (Å²) in [5, 5.41) is 3.51. The van der Waals surface area contributed by atoms with Crippen LogP contribution in [0.4, 0.5) is 6.01 Å². The second-order valence-corrected chi connectivity index (χ2v) is 3.23. The van der Waals surface area contributed by atoms with E-state index in [0.29, 0.717) is 16.8 Å². The fourth-order valence-electron chi connectivity index (χ4n) is 1.16. The van der Waals surface area contributed by atoms with Crippen LogP contribution in [0.25, 0.3) is 11.3 Å². The molecule has 2 rings (SSSR count). The topological polar surface area (TPSA) is 38.1 Å². The van der Waals surface area contributed by atoms with Gasteiger partial charge >= 0.3 is 0 Å². The molecule has 14 heavy (non-hydrogen) atoms. The predicted molar refractivity (Wildman–Crippen MR) is 56.5 cm³/mol. The molecule has 0 saturated carbocycles. The molecule has 2 aromatic rings. The van der Waals surface area contributed by atoms with Gasteiger partial charge in [0.05, 0.1) is 6.20 Å². The summed E-state index contributed by atoms with van der Waals surface area (Å²) >= 11 is 5.86. The Morgan fingerprint density at radius 1 is 1.43 bits per heavy atom. The van der Waals surface area contributed by atoms with Crippen LogP contribution in [0.2, 0.25) is 5.02 Å². The van der Waals surface area contributed by atoms with Crippen LogP contribution in [0.15, 0.2) is 34.9 Å². The number of hydrogen-bond donors (Lipinski definition) is 1. The van der Waals surface area contributed by atoms with Gasteiger partial charge in [-0.05, 0) is 12.1 Å². The van der Waals surface area contributed by atoms with E-state index in [9.17, 15) is 0 Å². The van der Waals surface area contributed by atoms with Crippen LogP contribution in [0.1, 0.15) is 0 Å². The number of halogens is 1. The molecule has 72 valence electrons. The molecule has 0 fully saturated rings. The first kappa shape index (κ1) is 9.09. The lowest BCUT2D eigenvalue weighted by molar-refractivity contribution is 0.589.